The van der Waals surface area contributed by atoms with Gasteiger partial charge in [0, 0.05) is 18.4 Å². The second kappa shape index (κ2) is 10.5. The Labute approximate surface area is 202 Å². The molecule has 0 aromatic rings. The van der Waals surface area contributed by atoms with Gasteiger partial charge >= 0.3 is 18.1 Å². The van der Waals surface area contributed by atoms with Crippen molar-refractivity contribution in [2.75, 3.05) is 6.54 Å². The van der Waals surface area contributed by atoms with Gasteiger partial charge in [-0.05, 0) is 59.8 Å². The zero-order chi connectivity index (χ0) is 26.6. The standard InChI is InChI=1S/C23H29N4O8/c1-22(2,3)33-20(31)25-19(24)26(21(32)34-23(4,5)6)13-14-7-9-15(10-8-14)18(30)35-27-16(28)11-12-17(27)29/h7,9-10H,11-13H2,1-6H3,(H2,24,25,31). The van der Waals surface area contributed by atoms with Crippen LogP contribution in [0.5, 0.6) is 0 Å². The number of ether oxygens (including phenoxy) is 2. The van der Waals surface area contributed by atoms with Crippen LogP contribution in [0.2, 0.25) is 0 Å². The first-order chi connectivity index (χ1) is 16.1. The van der Waals surface area contributed by atoms with Crippen molar-refractivity contribution in [1.29, 1.82) is 0 Å². The summed E-state index contributed by atoms with van der Waals surface area (Å²) < 4.78 is 10.5. The van der Waals surface area contributed by atoms with E-state index in [1.54, 1.807) is 41.5 Å². The minimum atomic E-state index is -0.989. The minimum absolute atomic E-state index is 0.0143. The Kier molecular flexibility index (Phi) is 8.14. The van der Waals surface area contributed by atoms with Gasteiger partial charge in [0.15, 0.2) is 0 Å². The van der Waals surface area contributed by atoms with Gasteiger partial charge in [-0.3, -0.25) is 9.59 Å². The van der Waals surface area contributed by atoms with Crippen LogP contribution in [-0.2, 0) is 29.0 Å². The van der Waals surface area contributed by atoms with Crippen molar-refractivity contribution < 1.29 is 38.6 Å². The fraction of sp³-hybridized carbons (Fsp3) is 0.478. The lowest BCUT2D eigenvalue weighted by atomic mass is 10.1. The van der Waals surface area contributed by atoms with E-state index in [2.05, 4.69) is 10.7 Å². The van der Waals surface area contributed by atoms with Gasteiger partial charge in [-0.2, -0.15) is 0 Å². The Morgan fingerprint density at radius 1 is 1.06 bits per heavy atom. The number of nitrogens with two attached hydrogens (primary N) is 1. The first-order valence-electron chi connectivity index (χ1n) is 10.7. The summed E-state index contributed by atoms with van der Waals surface area (Å²) in [6, 6.07) is 0. The normalized spacial score (nSPS) is 17.8. The Morgan fingerprint density at radius 2 is 1.63 bits per heavy atom. The summed E-state index contributed by atoms with van der Waals surface area (Å²) in [6.07, 6.45) is 2.16. The first-order valence-corrected chi connectivity index (χ1v) is 10.7. The Hall–Kier alpha value is -4.05. The van der Waals surface area contributed by atoms with Crippen LogP contribution in [0, 0.1) is 0 Å². The molecule has 1 fully saturated rings. The van der Waals surface area contributed by atoms with E-state index < -0.39 is 47.1 Å². The molecule has 0 atom stereocenters. The summed E-state index contributed by atoms with van der Waals surface area (Å²) in [4.78, 5) is 57.4. The zero-order valence-electron chi connectivity index (χ0n) is 20.5. The van der Waals surface area contributed by atoms with Gasteiger partial charge in [-0.15, -0.1) is 15.8 Å². The average molecular weight is 490 g/mol. The van der Waals surface area contributed by atoms with Gasteiger partial charge in [-0.1, -0.05) is 0 Å². The van der Waals surface area contributed by atoms with E-state index in [0.717, 1.165) is 4.90 Å². The number of guanidine groups is 1. The lowest BCUT2D eigenvalue weighted by Gasteiger charge is -2.27. The summed E-state index contributed by atoms with van der Waals surface area (Å²) in [5.74, 6) is -2.59. The van der Waals surface area contributed by atoms with E-state index in [0.29, 0.717) is 10.6 Å². The molecule has 0 aromatic heterocycles. The van der Waals surface area contributed by atoms with Gasteiger partial charge in [-0.25, -0.2) is 19.6 Å². The number of hydroxylamine groups is 2. The molecule has 2 aliphatic rings. The van der Waals surface area contributed by atoms with Crippen molar-refractivity contribution >= 4 is 30.0 Å². The highest BCUT2D eigenvalue weighted by molar-refractivity contribution is 6.00. The molecule has 35 heavy (non-hydrogen) atoms. The number of amides is 4. The number of imide groups is 1. The Morgan fingerprint density at radius 3 is 2.11 bits per heavy atom. The number of carbonyl (C=O) groups is 4. The largest absolute Gasteiger partial charge is 0.443 e. The topological polar surface area (TPSA) is 161 Å². The number of rotatable bonds is 4. The maximum absolute atomic E-state index is 12.7. The second-order valence-electron chi connectivity index (χ2n) is 9.58. The molecule has 0 spiro atoms. The van der Waals surface area contributed by atoms with Crippen LogP contribution >= 0.6 is 0 Å². The second-order valence-corrected chi connectivity index (χ2v) is 9.58. The van der Waals surface area contributed by atoms with Crippen LogP contribution in [0.4, 0.5) is 9.59 Å². The highest BCUT2D eigenvalue weighted by atomic mass is 16.8. The minimum Gasteiger partial charge on any atom is -0.443 e. The molecular weight excluding hydrogens is 460 g/mol. The molecule has 1 radical (unpaired) electrons. The molecule has 4 amide bonds. The molecule has 1 saturated heterocycles. The van der Waals surface area contributed by atoms with Crippen molar-refractivity contribution in [2.24, 2.45) is 10.7 Å². The summed E-state index contributed by atoms with van der Waals surface area (Å²) in [5.41, 5.74) is 7.43. The fourth-order valence-electron chi connectivity index (χ4n) is 2.64. The van der Waals surface area contributed by atoms with Crippen LogP contribution in [0.3, 0.4) is 0 Å². The van der Waals surface area contributed by atoms with Crippen LogP contribution < -0.4 is 5.73 Å². The number of aliphatic imine (C=N–C) groups is 1. The van der Waals surface area contributed by atoms with E-state index >= 15 is 0 Å². The van der Waals surface area contributed by atoms with Gasteiger partial charge in [0.1, 0.15) is 11.2 Å². The van der Waals surface area contributed by atoms with Crippen LogP contribution in [0.25, 0.3) is 0 Å². The monoisotopic (exact) mass is 489 g/mol. The van der Waals surface area contributed by atoms with Crippen molar-refractivity contribution in [2.45, 2.75) is 65.6 Å². The molecule has 0 aromatic carbocycles. The molecule has 1 aliphatic heterocycles. The highest BCUT2D eigenvalue weighted by Crippen LogP contribution is 2.20. The number of nitrogens with zero attached hydrogens (tertiary/aromatic N) is 3. The number of carbonyl (C=O) groups excluding carboxylic acids is 4. The van der Waals surface area contributed by atoms with Crippen molar-refractivity contribution in [3.8, 4) is 0 Å². The molecule has 0 unspecified atom stereocenters. The zero-order valence-corrected chi connectivity index (χ0v) is 20.5. The third-order valence-electron chi connectivity index (χ3n) is 4.11. The lowest BCUT2D eigenvalue weighted by molar-refractivity contribution is -0.190. The first kappa shape index (κ1) is 27.2. The number of hydrogen-bond donors (Lipinski definition) is 1. The SMILES string of the molecule is CC(C)(C)OC(=O)N=C(N)N(CC1=C=CC(=C([O])ON2C(=O)CCC2=O)C=C1)C(=O)OC(C)(C)C. The molecule has 1 aliphatic carbocycles. The van der Waals surface area contributed by atoms with E-state index in [-0.39, 0.29) is 25.0 Å². The summed E-state index contributed by atoms with van der Waals surface area (Å²) in [6.45, 7) is 9.73. The molecule has 12 nitrogen and oxygen atoms in total. The van der Waals surface area contributed by atoms with E-state index in [1.807, 2.05) is 0 Å². The van der Waals surface area contributed by atoms with E-state index in [4.69, 9.17) is 20.0 Å². The van der Waals surface area contributed by atoms with Crippen molar-refractivity contribution in [3.63, 3.8) is 0 Å². The number of hydrogen-bond acceptors (Lipinski definition) is 7. The van der Waals surface area contributed by atoms with Crippen LogP contribution in [0.1, 0.15) is 54.4 Å². The lowest BCUT2D eigenvalue weighted by Crippen LogP contribution is -2.46. The highest BCUT2D eigenvalue weighted by Gasteiger charge is 2.33. The molecule has 12 heteroatoms. The molecule has 0 bridgehead atoms. The summed E-state index contributed by atoms with van der Waals surface area (Å²) in [5, 5.41) is 12.7. The fourth-order valence-corrected chi connectivity index (χ4v) is 2.64. The van der Waals surface area contributed by atoms with Crippen molar-refractivity contribution in [3.05, 3.63) is 41.1 Å². The van der Waals surface area contributed by atoms with E-state index in [9.17, 15) is 24.3 Å². The summed E-state index contributed by atoms with van der Waals surface area (Å²) in [7, 11) is 0. The third kappa shape index (κ3) is 8.35. The summed E-state index contributed by atoms with van der Waals surface area (Å²) >= 11 is 0. The third-order valence-corrected chi connectivity index (χ3v) is 4.11. The van der Waals surface area contributed by atoms with Crippen molar-refractivity contribution in [1.82, 2.24) is 9.96 Å². The molecule has 1 heterocycles. The molecule has 2 rings (SSSR count). The van der Waals surface area contributed by atoms with Gasteiger partial charge in [0.05, 0.1) is 12.1 Å². The van der Waals surface area contributed by atoms with Crippen LogP contribution in [-0.4, -0.2) is 57.7 Å². The van der Waals surface area contributed by atoms with Gasteiger partial charge in [0.2, 0.25) is 5.96 Å². The Balaban J connectivity index is 2.26. The Bertz CT molecular complexity index is 1050. The predicted octanol–water partition coefficient (Wildman–Crippen LogP) is 2.85. The van der Waals surface area contributed by atoms with Gasteiger partial charge in [0.25, 0.3) is 11.8 Å². The van der Waals surface area contributed by atoms with Crippen LogP contribution in [0.15, 0.2) is 46.0 Å². The predicted molar refractivity (Wildman–Crippen MR) is 121 cm³/mol. The van der Waals surface area contributed by atoms with Gasteiger partial charge < -0.3 is 20.0 Å². The molecular formula is C23H29N4O8. The molecule has 189 valence electrons. The molecule has 2 N–H and O–H groups in total. The average Bonchev–Trinajstić information content (AvgIpc) is 3.01. The smallest absolute Gasteiger partial charge is 0.437 e. The number of allylic oxidation sites excluding steroid dienone is 2. The maximum Gasteiger partial charge on any atom is 0.437 e. The quantitative estimate of drug-likeness (QED) is 0.207. The molecule has 0 saturated carbocycles. The van der Waals surface area contributed by atoms with E-state index in [1.165, 1.54) is 18.2 Å². The maximum atomic E-state index is 12.7.